The molecule has 1 aromatic heterocycles. The Kier molecular flexibility index (Phi) is 2.58. The average molecular weight is 268 g/mol. The van der Waals surface area contributed by atoms with Gasteiger partial charge in [0.1, 0.15) is 5.82 Å². The summed E-state index contributed by atoms with van der Waals surface area (Å²) in [6.45, 7) is 1.78. The van der Waals surface area contributed by atoms with Gasteiger partial charge in [-0.2, -0.15) is 0 Å². The maximum absolute atomic E-state index is 11.7. The van der Waals surface area contributed by atoms with E-state index in [1.807, 2.05) is 6.07 Å². The molecule has 0 spiro atoms. The fraction of sp³-hybridized carbons (Fsp3) is 0.200. The molecule has 0 saturated carbocycles. The number of rotatable bonds is 1. The van der Waals surface area contributed by atoms with Crippen LogP contribution in [0, 0.1) is 0 Å². The maximum atomic E-state index is 11.7. The second kappa shape index (κ2) is 3.75. The minimum atomic E-state index is -0.283. The molecule has 4 nitrogen and oxygen atoms in total. The van der Waals surface area contributed by atoms with Gasteiger partial charge in [0.05, 0.1) is 16.9 Å². The highest BCUT2D eigenvalue weighted by atomic mass is 79.9. The van der Waals surface area contributed by atoms with Crippen molar-refractivity contribution in [1.82, 2.24) is 9.97 Å². The fourth-order valence-electron chi connectivity index (χ4n) is 1.36. The lowest BCUT2D eigenvalue weighted by molar-refractivity contribution is 0.741. The quantitative estimate of drug-likeness (QED) is 0.826. The summed E-state index contributed by atoms with van der Waals surface area (Å²) in [5, 5.41) is 0.564. The Morgan fingerprint density at radius 2 is 2.27 bits per heavy atom. The van der Waals surface area contributed by atoms with E-state index in [2.05, 4.69) is 25.9 Å². The van der Waals surface area contributed by atoms with E-state index < -0.39 is 0 Å². The number of H-pyrrole nitrogens is 1. The summed E-state index contributed by atoms with van der Waals surface area (Å²) < 4.78 is 0.799. The molecule has 0 fully saturated rings. The molecule has 0 radical (unpaired) electrons. The van der Waals surface area contributed by atoms with Gasteiger partial charge in [0.15, 0.2) is 0 Å². The van der Waals surface area contributed by atoms with Crippen molar-refractivity contribution in [2.75, 3.05) is 0 Å². The fourth-order valence-corrected chi connectivity index (χ4v) is 1.81. The molecule has 0 aliphatic heterocycles. The summed E-state index contributed by atoms with van der Waals surface area (Å²) in [6, 6.07) is 5.10. The van der Waals surface area contributed by atoms with E-state index in [1.165, 1.54) is 0 Å². The molecule has 0 bridgehead atoms. The van der Waals surface area contributed by atoms with Crippen LogP contribution in [-0.2, 0) is 0 Å². The van der Waals surface area contributed by atoms with Crippen LogP contribution in [-0.4, -0.2) is 9.97 Å². The molecule has 3 N–H and O–H groups in total. The average Bonchev–Trinajstić information content (AvgIpc) is 2.19. The number of para-hydroxylation sites is 1. The summed E-state index contributed by atoms with van der Waals surface area (Å²) in [6.07, 6.45) is 0. The van der Waals surface area contributed by atoms with Crippen molar-refractivity contribution in [1.29, 1.82) is 0 Å². The Morgan fingerprint density at radius 1 is 1.53 bits per heavy atom. The molecular weight excluding hydrogens is 258 g/mol. The second-order valence-corrected chi connectivity index (χ2v) is 4.23. The highest BCUT2D eigenvalue weighted by Crippen LogP contribution is 2.19. The Hall–Kier alpha value is -1.20. The molecule has 0 aliphatic rings. The normalized spacial score (nSPS) is 13.0. The van der Waals surface area contributed by atoms with E-state index >= 15 is 0 Å². The van der Waals surface area contributed by atoms with E-state index in [0.717, 1.165) is 4.47 Å². The number of fused-ring (bicyclic) bond motifs is 1. The van der Waals surface area contributed by atoms with Gasteiger partial charge in [0.25, 0.3) is 5.56 Å². The number of nitrogens with zero attached hydrogens (tertiary/aromatic N) is 1. The van der Waals surface area contributed by atoms with E-state index in [4.69, 9.17) is 5.73 Å². The first-order valence-electron chi connectivity index (χ1n) is 4.53. The van der Waals surface area contributed by atoms with Crippen LogP contribution in [0.15, 0.2) is 27.5 Å². The van der Waals surface area contributed by atoms with Crippen molar-refractivity contribution in [3.8, 4) is 0 Å². The van der Waals surface area contributed by atoms with Crippen LogP contribution >= 0.6 is 15.9 Å². The number of nitrogens with two attached hydrogens (primary N) is 1. The molecular formula is C10H10BrN3O. The van der Waals surface area contributed by atoms with Crippen LogP contribution in [0.2, 0.25) is 0 Å². The van der Waals surface area contributed by atoms with Gasteiger partial charge < -0.3 is 10.7 Å². The first kappa shape index (κ1) is 10.3. The van der Waals surface area contributed by atoms with E-state index in [0.29, 0.717) is 16.7 Å². The van der Waals surface area contributed by atoms with Crippen molar-refractivity contribution < 1.29 is 0 Å². The molecule has 1 aromatic carbocycles. The first-order chi connectivity index (χ1) is 7.09. The van der Waals surface area contributed by atoms with Crippen molar-refractivity contribution in [2.45, 2.75) is 13.0 Å². The molecule has 0 saturated heterocycles. The van der Waals surface area contributed by atoms with Crippen LogP contribution in [0.4, 0.5) is 0 Å². The smallest absolute Gasteiger partial charge is 0.258 e. The molecule has 0 aliphatic carbocycles. The van der Waals surface area contributed by atoms with Crippen LogP contribution in [0.1, 0.15) is 18.8 Å². The number of nitrogens with one attached hydrogen (secondary N) is 1. The van der Waals surface area contributed by atoms with E-state index in [-0.39, 0.29) is 11.6 Å². The molecule has 0 amide bonds. The number of benzene rings is 1. The van der Waals surface area contributed by atoms with Gasteiger partial charge in [-0.05, 0) is 35.0 Å². The third kappa shape index (κ3) is 1.80. The molecule has 1 atom stereocenters. The zero-order valence-corrected chi connectivity index (χ0v) is 9.71. The molecule has 15 heavy (non-hydrogen) atoms. The Morgan fingerprint density at radius 3 is 2.93 bits per heavy atom. The van der Waals surface area contributed by atoms with Gasteiger partial charge in [0.2, 0.25) is 0 Å². The van der Waals surface area contributed by atoms with Gasteiger partial charge in [-0.3, -0.25) is 4.79 Å². The predicted octanol–water partition coefficient (Wildman–Crippen LogP) is 1.71. The minimum absolute atomic E-state index is 0.159. The molecule has 5 heteroatoms. The number of aromatic nitrogens is 2. The van der Waals surface area contributed by atoms with Crippen molar-refractivity contribution in [3.63, 3.8) is 0 Å². The standard InChI is InChI=1S/C10H10BrN3O/c1-5(12)9-13-8-6(10(15)14-9)3-2-4-7(8)11/h2-5H,12H2,1H3,(H,13,14,15). The lowest BCUT2D eigenvalue weighted by Crippen LogP contribution is -2.17. The third-order valence-corrected chi connectivity index (χ3v) is 2.78. The number of hydrogen-bond donors (Lipinski definition) is 2. The molecule has 1 heterocycles. The number of halogens is 1. The monoisotopic (exact) mass is 267 g/mol. The van der Waals surface area contributed by atoms with Crippen molar-refractivity contribution in [3.05, 3.63) is 38.9 Å². The molecule has 2 rings (SSSR count). The van der Waals surface area contributed by atoms with E-state index in [9.17, 15) is 4.79 Å². The summed E-state index contributed by atoms with van der Waals surface area (Å²) in [5.74, 6) is 0.499. The van der Waals surface area contributed by atoms with Crippen molar-refractivity contribution in [2.24, 2.45) is 5.73 Å². The van der Waals surface area contributed by atoms with Crippen LogP contribution in [0.5, 0.6) is 0 Å². The van der Waals surface area contributed by atoms with Gasteiger partial charge in [-0.15, -0.1) is 0 Å². The largest absolute Gasteiger partial charge is 0.322 e. The third-order valence-electron chi connectivity index (χ3n) is 2.14. The Labute approximate surface area is 94.7 Å². The van der Waals surface area contributed by atoms with E-state index in [1.54, 1.807) is 19.1 Å². The summed E-state index contributed by atoms with van der Waals surface area (Å²) in [4.78, 5) is 18.7. The predicted molar refractivity (Wildman–Crippen MR) is 62.7 cm³/mol. The molecule has 2 aromatic rings. The zero-order valence-electron chi connectivity index (χ0n) is 8.12. The van der Waals surface area contributed by atoms with Gasteiger partial charge in [-0.25, -0.2) is 4.98 Å². The lowest BCUT2D eigenvalue weighted by Gasteiger charge is -2.06. The number of aromatic amines is 1. The summed E-state index contributed by atoms with van der Waals surface area (Å²) in [5.41, 5.74) is 6.16. The lowest BCUT2D eigenvalue weighted by atomic mass is 10.2. The Bertz CT molecular complexity index is 562. The highest BCUT2D eigenvalue weighted by Gasteiger charge is 2.08. The summed E-state index contributed by atoms with van der Waals surface area (Å²) in [7, 11) is 0. The van der Waals surface area contributed by atoms with Gasteiger partial charge >= 0.3 is 0 Å². The van der Waals surface area contributed by atoms with Gasteiger partial charge in [-0.1, -0.05) is 6.07 Å². The first-order valence-corrected chi connectivity index (χ1v) is 5.33. The molecule has 1 unspecified atom stereocenters. The highest BCUT2D eigenvalue weighted by molar-refractivity contribution is 9.10. The SMILES string of the molecule is CC(N)c1nc2c(Br)cccc2c(=O)[nH]1. The topological polar surface area (TPSA) is 71.8 Å². The van der Waals surface area contributed by atoms with Crippen LogP contribution < -0.4 is 11.3 Å². The zero-order chi connectivity index (χ0) is 11.0. The van der Waals surface area contributed by atoms with Crippen LogP contribution in [0.3, 0.4) is 0 Å². The summed E-state index contributed by atoms with van der Waals surface area (Å²) >= 11 is 3.36. The second-order valence-electron chi connectivity index (χ2n) is 3.38. The molecule has 78 valence electrons. The van der Waals surface area contributed by atoms with Crippen LogP contribution in [0.25, 0.3) is 10.9 Å². The maximum Gasteiger partial charge on any atom is 0.258 e. The Balaban J connectivity index is 2.86. The number of hydrogen-bond acceptors (Lipinski definition) is 3. The minimum Gasteiger partial charge on any atom is -0.322 e. The van der Waals surface area contributed by atoms with Crippen molar-refractivity contribution >= 4 is 26.8 Å². The van der Waals surface area contributed by atoms with Gasteiger partial charge in [0, 0.05) is 4.47 Å².